The summed E-state index contributed by atoms with van der Waals surface area (Å²) in [5.74, 6) is 0.931. The lowest BCUT2D eigenvalue weighted by molar-refractivity contribution is -0.118. The molecular weight excluding hydrogens is 761 g/mol. The van der Waals surface area contributed by atoms with Crippen LogP contribution in [0.3, 0.4) is 0 Å². The molecule has 302 valence electrons. The van der Waals surface area contributed by atoms with Gasteiger partial charge >= 0.3 is 0 Å². The molecule has 2 aliphatic rings. The third-order valence-electron chi connectivity index (χ3n) is 11.5. The van der Waals surface area contributed by atoms with Gasteiger partial charge in [0.05, 0.1) is 44.6 Å². The van der Waals surface area contributed by atoms with Gasteiger partial charge in [0.2, 0.25) is 5.91 Å². The average molecular weight is 803 g/mol. The van der Waals surface area contributed by atoms with Gasteiger partial charge in [0.25, 0.3) is 0 Å². The zero-order valence-corrected chi connectivity index (χ0v) is 33.4. The Morgan fingerprint density at radius 1 is 0.667 bits per heavy atom. The summed E-state index contributed by atoms with van der Waals surface area (Å²) in [6, 6.07) is 37.7. The smallest absolute Gasteiger partial charge is 0.239 e. The van der Waals surface area contributed by atoms with Crippen molar-refractivity contribution in [1.29, 1.82) is 0 Å². The van der Waals surface area contributed by atoms with Crippen LogP contribution in [0.5, 0.6) is 23.0 Å². The fourth-order valence-corrected chi connectivity index (χ4v) is 8.40. The maximum absolute atomic E-state index is 13.6. The maximum Gasteiger partial charge on any atom is 0.239 e. The summed E-state index contributed by atoms with van der Waals surface area (Å²) < 4.78 is 21.0. The molecule has 10 rings (SSSR count). The first kappa shape index (κ1) is 38.2. The van der Waals surface area contributed by atoms with Crippen molar-refractivity contribution < 1.29 is 38.6 Å². The molecule has 0 bridgehead atoms. The van der Waals surface area contributed by atoms with Gasteiger partial charge in [0.1, 0.15) is 28.6 Å². The van der Waals surface area contributed by atoms with Crippen molar-refractivity contribution in [2.24, 2.45) is 0 Å². The number of aromatic hydroxyl groups is 2. The van der Waals surface area contributed by atoms with Crippen LogP contribution < -0.4 is 19.3 Å². The second-order valence-electron chi connectivity index (χ2n) is 15.2. The molecule has 8 aromatic rings. The molecule has 0 aliphatic carbocycles. The first-order valence-electron chi connectivity index (χ1n) is 19.5. The van der Waals surface area contributed by atoms with E-state index in [0.717, 1.165) is 67.3 Å². The number of phenolic OH excluding ortho intramolecular Hbond substituents is 2. The SMILES string of the molecule is COc1ccc(CN2C(=O)C(c3cc4c(C)noc4cc3O)c3ccccc32)cc1.COc1ccc(CN2CC(O)(c3cc4c(C)noc4cc3O)c3ccccc32)cc1. The number of aliphatic hydroxyl groups is 1. The Kier molecular flexibility index (Phi) is 9.64. The molecule has 6 aromatic carbocycles. The number of carbonyl (C=O) groups is 1. The van der Waals surface area contributed by atoms with Crippen LogP contribution in [0.1, 0.15) is 50.7 Å². The van der Waals surface area contributed by atoms with Gasteiger partial charge in [-0.1, -0.05) is 71.0 Å². The molecule has 0 radical (unpaired) electrons. The highest BCUT2D eigenvalue weighted by Crippen LogP contribution is 2.48. The van der Waals surface area contributed by atoms with E-state index in [1.165, 1.54) is 12.1 Å². The molecule has 2 unspecified atom stereocenters. The number of methoxy groups -OCH3 is 2. The van der Waals surface area contributed by atoms with Crippen molar-refractivity contribution in [2.75, 3.05) is 30.6 Å². The molecule has 1 amide bonds. The van der Waals surface area contributed by atoms with Crippen molar-refractivity contribution in [3.63, 3.8) is 0 Å². The fraction of sp³-hybridized carbons (Fsp3) is 0.188. The summed E-state index contributed by atoms with van der Waals surface area (Å²) >= 11 is 0. The van der Waals surface area contributed by atoms with Crippen LogP contribution >= 0.6 is 0 Å². The number of anilines is 2. The molecule has 3 N–H and O–H groups in total. The molecule has 4 heterocycles. The van der Waals surface area contributed by atoms with Gasteiger partial charge < -0.3 is 43.6 Å². The summed E-state index contributed by atoms with van der Waals surface area (Å²) in [5, 5.41) is 42.7. The first-order chi connectivity index (χ1) is 29.1. The number of ether oxygens (including phenoxy) is 2. The first-order valence-corrected chi connectivity index (χ1v) is 19.5. The number of benzene rings is 6. The number of amides is 1. The number of β-amino-alcohol motifs (C(OH)–C–C–N with tert-alkyl or cyclic N) is 1. The minimum atomic E-state index is -1.36. The quantitative estimate of drug-likeness (QED) is 0.135. The van der Waals surface area contributed by atoms with Gasteiger partial charge in [-0.25, -0.2) is 0 Å². The third kappa shape index (κ3) is 6.60. The second kappa shape index (κ2) is 15.1. The molecule has 2 atom stereocenters. The van der Waals surface area contributed by atoms with E-state index in [0.29, 0.717) is 41.9 Å². The van der Waals surface area contributed by atoms with Crippen LogP contribution in [0.2, 0.25) is 0 Å². The largest absolute Gasteiger partial charge is 0.507 e. The van der Waals surface area contributed by atoms with Crippen LogP contribution in [0.15, 0.2) is 130 Å². The summed E-state index contributed by atoms with van der Waals surface area (Å²) in [5.41, 5.74) is 7.63. The molecule has 12 nitrogen and oxygen atoms in total. The number of aryl methyl sites for hydroxylation is 2. The van der Waals surface area contributed by atoms with Crippen molar-refractivity contribution >= 4 is 39.2 Å². The van der Waals surface area contributed by atoms with Crippen LogP contribution in [0.25, 0.3) is 21.9 Å². The lowest BCUT2D eigenvalue weighted by Crippen LogP contribution is -2.34. The fourth-order valence-electron chi connectivity index (χ4n) is 8.40. The number of nitrogens with zero attached hydrogens (tertiary/aromatic N) is 4. The summed E-state index contributed by atoms with van der Waals surface area (Å²) in [7, 11) is 3.27. The predicted molar refractivity (Wildman–Crippen MR) is 227 cm³/mol. The molecule has 12 heteroatoms. The van der Waals surface area contributed by atoms with E-state index in [-0.39, 0.29) is 17.4 Å². The number of hydrogen-bond acceptors (Lipinski definition) is 11. The highest BCUT2D eigenvalue weighted by atomic mass is 16.5. The van der Waals surface area contributed by atoms with E-state index in [1.54, 1.807) is 25.2 Å². The minimum absolute atomic E-state index is 0.0118. The number of rotatable bonds is 8. The average Bonchev–Trinajstić information content (AvgIpc) is 3.98. The normalized spacial score (nSPS) is 16.8. The number of fused-ring (bicyclic) bond motifs is 4. The lowest BCUT2D eigenvalue weighted by Gasteiger charge is -2.26. The molecule has 2 aliphatic heterocycles. The molecule has 0 fully saturated rings. The molecule has 2 aromatic heterocycles. The van der Waals surface area contributed by atoms with Gasteiger partial charge in [-0.15, -0.1) is 0 Å². The van der Waals surface area contributed by atoms with E-state index in [4.69, 9.17) is 18.5 Å². The number of hydrogen-bond donors (Lipinski definition) is 3. The lowest BCUT2D eigenvalue weighted by atomic mass is 9.86. The van der Waals surface area contributed by atoms with Gasteiger partial charge in [0, 0.05) is 57.5 Å². The highest BCUT2D eigenvalue weighted by Gasteiger charge is 2.44. The zero-order valence-electron chi connectivity index (χ0n) is 33.4. The summed E-state index contributed by atoms with van der Waals surface area (Å²) in [4.78, 5) is 17.4. The van der Waals surface area contributed by atoms with Crippen LogP contribution in [0, 0.1) is 13.8 Å². The highest BCUT2D eigenvalue weighted by molar-refractivity contribution is 6.07. The Balaban J connectivity index is 0.000000154. The standard InChI is InChI=1S/C24H22N2O4.C24H20N2O4/c1-15-18-11-20(22(27)12-23(18)30-25-15)24(28)14-26(21-6-4-3-5-19(21)24)13-16-7-9-17(29-2)10-8-16;1-14-18-11-19(21(27)12-22(18)30-25-14)23-17-5-3-4-6-20(17)26(24(23)28)13-15-7-9-16(29-2)10-8-15/h3-12,27-28H,13-14H2,1-2H3;3-12,23,27H,13H2,1-2H3. The maximum atomic E-state index is 13.6. The molecule has 60 heavy (non-hydrogen) atoms. The molecular formula is C48H42N4O8. The van der Waals surface area contributed by atoms with Crippen LogP contribution in [-0.2, 0) is 23.5 Å². The monoisotopic (exact) mass is 802 g/mol. The van der Waals surface area contributed by atoms with Crippen molar-refractivity contribution in [1.82, 2.24) is 10.3 Å². The second-order valence-corrected chi connectivity index (χ2v) is 15.2. The summed E-state index contributed by atoms with van der Waals surface area (Å²) in [6.07, 6.45) is 0. The number of para-hydroxylation sites is 2. The van der Waals surface area contributed by atoms with Gasteiger partial charge in [-0.2, -0.15) is 0 Å². The Bertz CT molecular complexity index is 2890. The van der Waals surface area contributed by atoms with E-state index in [9.17, 15) is 20.1 Å². The van der Waals surface area contributed by atoms with Crippen molar-refractivity contribution in [3.05, 3.63) is 166 Å². The Morgan fingerprint density at radius 3 is 1.85 bits per heavy atom. The van der Waals surface area contributed by atoms with E-state index < -0.39 is 11.5 Å². The van der Waals surface area contributed by atoms with E-state index in [2.05, 4.69) is 15.2 Å². The Hall–Kier alpha value is -7.31. The Morgan fingerprint density at radius 2 is 1.22 bits per heavy atom. The van der Waals surface area contributed by atoms with Gasteiger partial charge in [0.15, 0.2) is 11.2 Å². The summed E-state index contributed by atoms with van der Waals surface area (Å²) in [6.45, 7) is 5.06. The number of aromatic nitrogens is 2. The molecule has 0 saturated heterocycles. The Labute approximate surface area is 345 Å². The van der Waals surface area contributed by atoms with Crippen molar-refractivity contribution in [2.45, 2.75) is 38.5 Å². The van der Waals surface area contributed by atoms with Crippen LogP contribution in [0.4, 0.5) is 11.4 Å². The molecule has 0 spiro atoms. The van der Waals surface area contributed by atoms with Gasteiger partial charge in [-0.3, -0.25) is 4.79 Å². The minimum Gasteiger partial charge on any atom is -0.507 e. The van der Waals surface area contributed by atoms with Crippen molar-refractivity contribution in [3.8, 4) is 23.0 Å². The third-order valence-corrected chi connectivity index (χ3v) is 11.5. The number of phenols is 2. The van der Waals surface area contributed by atoms with E-state index in [1.807, 2.05) is 117 Å². The zero-order chi connectivity index (χ0) is 41.7. The molecule has 0 saturated carbocycles. The van der Waals surface area contributed by atoms with E-state index >= 15 is 0 Å². The topological polar surface area (TPSA) is 155 Å². The predicted octanol–water partition coefficient (Wildman–Crippen LogP) is 8.64. The van der Waals surface area contributed by atoms with Gasteiger partial charge in [-0.05, 0) is 79.1 Å². The van der Waals surface area contributed by atoms with Crippen LogP contribution in [-0.4, -0.2) is 52.3 Å². The number of carbonyl (C=O) groups excluding carboxylic acids is 1.